The van der Waals surface area contributed by atoms with Gasteiger partial charge in [-0.05, 0) is 46.2 Å². The van der Waals surface area contributed by atoms with Crippen molar-refractivity contribution in [3.63, 3.8) is 0 Å². The molecule has 0 spiro atoms. The summed E-state index contributed by atoms with van der Waals surface area (Å²) in [5.41, 5.74) is 8.44. The number of nitrogens with two attached hydrogens (primary N) is 1. The van der Waals surface area contributed by atoms with Crippen molar-refractivity contribution in [1.29, 1.82) is 0 Å². The number of halogens is 2. The average molecular weight is 347 g/mol. The van der Waals surface area contributed by atoms with Gasteiger partial charge in [-0.2, -0.15) is 11.3 Å². The minimum absolute atomic E-state index is 0.0666. The number of thiophene rings is 1. The average Bonchev–Trinajstić information content (AvgIpc) is 2.74. The molecule has 4 heteroatoms. The van der Waals surface area contributed by atoms with Gasteiger partial charge in [-0.3, -0.25) is 0 Å². The lowest BCUT2D eigenvalue weighted by Crippen LogP contribution is -2.11. The third-order valence-corrected chi connectivity index (χ3v) is 4.11. The quantitative estimate of drug-likeness (QED) is 0.860. The molecular weight excluding hydrogens is 338 g/mol. The Morgan fingerprint density at radius 2 is 2.00 bits per heavy atom. The Morgan fingerprint density at radius 3 is 2.67 bits per heavy atom. The van der Waals surface area contributed by atoms with Gasteiger partial charge in [0.25, 0.3) is 0 Å². The van der Waals surface area contributed by atoms with Gasteiger partial charge in [-0.1, -0.05) is 31.9 Å². The molecule has 0 aliphatic heterocycles. The molecule has 1 aromatic heterocycles. The molecule has 2 rings (SSSR count). The molecule has 0 radical (unpaired) electrons. The largest absolute Gasteiger partial charge is 0.320 e. The topological polar surface area (TPSA) is 26.0 Å². The first-order chi connectivity index (χ1) is 7.18. The summed E-state index contributed by atoms with van der Waals surface area (Å²) in [4.78, 5) is 0. The zero-order chi connectivity index (χ0) is 10.8. The highest BCUT2D eigenvalue weighted by molar-refractivity contribution is 9.11. The second-order valence-electron chi connectivity index (χ2n) is 3.20. The number of rotatable bonds is 2. The molecule has 1 nitrogen and oxygen atoms in total. The Hall–Kier alpha value is -0.160. The molecule has 15 heavy (non-hydrogen) atoms. The summed E-state index contributed by atoms with van der Waals surface area (Å²) in [7, 11) is 0. The van der Waals surface area contributed by atoms with Crippen LogP contribution in [0.4, 0.5) is 0 Å². The highest BCUT2D eigenvalue weighted by Crippen LogP contribution is 2.30. The van der Waals surface area contributed by atoms with Crippen LogP contribution < -0.4 is 5.73 Å². The predicted molar refractivity (Wildman–Crippen MR) is 72.2 cm³/mol. The van der Waals surface area contributed by atoms with Crippen molar-refractivity contribution >= 4 is 43.2 Å². The fraction of sp³-hybridized carbons (Fsp3) is 0.0909. The first-order valence-corrected chi connectivity index (χ1v) is 6.94. The summed E-state index contributed by atoms with van der Waals surface area (Å²) in [6.45, 7) is 0. The van der Waals surface area contributed by atoms with Crippen LogP contribution in [0.25, 0.3) is 0 Å². The van der Waals surface area contributed by atoms with Crippen LogP contribution in [0, 0.1) is 0 Å². The molecule has 0 saturated carbocycles. The molecule has 0 amide bonds. The van der Waals surface area contributed by atoms with Gasteiger partial charge in [-0.25, -0.2) is 0 Å². The van der Waals surface area contributed by atoms with E-state index in [4.69, 9.17) is 5.73 Å². The Kier molecular flexibility index (Phi) is 3.61. The van der Waals surface area contributed by atoms with Crippen molar-refractivity contribution < 1.29 is 0 Å². The summed E-state index contributed by atoms with van der Waals surface area (Å²) >= 11 is 8.64. The molecule has 1 heterocycles. The first kappa shape index (κ1) is 11.3. The highest BCUT2D eigenvalue weighted by atomic mass is 79.9. The molecule has 0 fully saturated rings. The smallest absolute Gasteiger partial charge is 0.0571 e. The lowest BCUT2D eigenvalue weighted by atomic mass is 10.0. The van der Waals surface area contributed by atoms with E-state index in [9.17, 15) is 0 Å². The van der Waals surface area contributed by atoms with Crippen LogP contribution in [0.3, 0.4) is 0 Å². The Morgan fingerprint density at radius 1 is 1.20 bits per heavy atom. The molecule has 2 N–H and O–H groups in total. The summed E-state index contributed by atoms with van der Waals surface area (Å²) in [6.07, 6.45) is 0. The SMILES string of the molecule is N[C@@H](c1ccsc1)c1cc(Br)ccc1Br. The van der Waals surface area contributed by atoms with Crippen molar-refractivity contribution in [1.82, 2.24) is 0 Å². The van der Waals surface area contributed by atoms with Crippen LogP contribution in [-0.2, 0) is 0 Å². The van der Waals surface area contributed by atoms with E-state index in [-0.39, 0.29) is 6.04 Å². The normalized spacial score (nSPS) is 12.7. The van der Waals surface area contributed by atoms with E-state index >= 15 is 0 Å². The summed E-state index contributed by atoms with van der Waals surface area (Å²) in [5, 5.41) is 4.12. The first-order valence-electron chi connectivity index (χ1n) is 4.41. The van der Waals surface area contributed by atoms with E-state index in [1.165, 1.54) is 0 Å². The Balaban J connectivity index is 2.41. The van der Waals surface area contributed by atoms with Crippen LogP contribution in [0.15, 0.2) is 44.0 Å². The molecule has 0 aliphatic carbocycles. The Bertz CT molecular complexity index is 454. The standard InChI is InChI=1S/C11H9Br2NS/c12-8-1-2-10(13)9(5-8)11(14)7-3-4-15-6-7/h1-6,11H,14H2/t11-/m0/s1. The van der Waals surface area contributed by atoms with Gasteiger partial charge >= 0.3 is 0 Å². The zero-order valence-corrected chi connectivity index (χ0v) is 11.8. The van der Waals surface area contributed by atoms with E-state index in [1.54, 1.807) is 11.3 Å². The molecule has 0 unspecified atom stereocenters. The van der Waals surface area contributed by atoms with E-state index in [2.05, 4.69) is 43.3 Å². The monoisotopic (exact) mass is 345 g/mol. The molecule has 1 aromatic carbocycles. The van der Waals surface area contributed by atoms with Crippen LogP contribution in [0.2, 0.25) is 0 Å². The Labute approximate surface area is 110 Å². The van der Waals surface area contributed by atoms with Gasteiger partial charge in [0.15, 0.2) is 0 Å². The van der Waals surface area contributed by atoms with Gasteiger partial charge in [0.1, 0.15) is 0 Å². The molecular formula is C11H9Br2NS. The van der Waals surface area contributed by atoms with Gasteiger partial charge in [0, 0.05) is 8.95 Å². The third-order valence-electron chi connectivity index (χ3n) is 2.20. The molecule has 1 atom stereocenters. The lowest BCUT2D eigenvalue weighted by molar-refractivity contribution is 0.870. The summed E-state index contributed by atoms with van der Waals surface area (Å²) in [6, 6.07) is 8.04. The van der Waals surface area contributed by atoms with E-state index in [1.807, 2.05) is 23.6 Å². The maximum Gasteiger partial charge on any atom is 0.0571 e. The van der Waals surface area contributed by atoms with Gasteiger partial charge < -0.3 is 5.73 Å². The van der Waals surface area contributed by atoms with Crippen LogP contribution in [-0.4, -0.2) is 0 Å². The predicted octanol–water partition coefficient (Wildman–Crippen LogP) is 4.32. The molecule has 78 valence electrons. The van der Waals surface area contributed by atoms with Gasteiger partial charge in [0.05, 0.1) is 6.04 Å². The van der Waals surface area contributed by atoms with E-state index < -0.39 is 0 Å². The summed E-state index contributed by atoms with van der Waals surface area (Å²) < 4.78 is 2.09. The summed E-state index contributed by atoms with van der Waals surface area (Å²) in [5.74, 6) is 0. The van der Waals surface area contributed by atoms with Crippen molar-refractivity contribution in [3.05, 3.63) is 55.1 Å². The fourth-order valence-electron chi connectivity index (χ4n) is 1.38. The third kappa shape index (κ3) is 2.50. The van der Waals surface area contributed by atoms with Crippen LogP contribution in [0.5, 0.6) is 0 Å². The van der Waals surface area contributed by atoms with Crippen LogP contribution in [0.1, 0.15) is 17.2 Å². The van der Waals surface area contributed by atoms with Crippen molar-refractivity contribution in [2.24, 2.45) is 5.73 Å². The minimum Gasteiger partial charge on any atom is -0.320 e. The number of hydrogen-bond acceptors (Lipinski definition) is 2. The minimum atomic E-state index is -0.0666. The second kappa shape index (κ2) is 4.78. The number of benzene rings is 1. The van der Waals surface area contributed by atoms with E-state index in [0.29, 0.717) is 0 Å². The van der Waals surface area contributed by atoms with Crippen molar-refractivity contribution in [3.8, 4) is 0 Å². The van der Waals surface area contributed by atoms with Gasteiger partial charge in [0.2, 0.25) is 0 Å². The molecule has 0 saturated heterocycles. The molecule has 0 aliphatic rings. The van der Waals surface area contributed by atoms with Crippen LogP contribution >= 0.6 is 43.2 Å². The number of hydrogen-bond donors (Lipinski definition) is 1. The van der Waals surface area contributed by atoms with Gasteiger partial charge in [-0.15, -0.1) is 0 Å². The molecule has 2 aromatic rings. The second-order valence-corrected chi connectivity index (χ2v) is 5.75. The maximum absolute atomic E-state index is 6.19. The lowest BCUT2D eigenvalue weighted by Gasteiger charge is -2.12. The van der Waals surface area contributed by atoms with Crippen molar-refractivity contribution in [2.75, 3.05) is 0 Å². The molecule has 0 bridgehead atoms. The fourth-order valence-corrected chi connectivity index (χ4v) is 2.95. The highest BCUT2D eigenvalue weighted by Gasteiger charge is 2.12. The van der Waals surface area contributed by atoms with E-state index in [0.717, 1.165) is 20.1 Å². The maximum atomic E-state index is 6.19. The zero-order valence-electron chi connectivity index (χ0n) is 7.78. The van der Waals surface area contributed by atoms with Crippen molar-refractivity contribution in [2.45, 2.75) is 6.04 Å².